The third-order valence-corrected chi connectivity index (χ3v) is 3.72. The van der Waals surface area contributed by atoms with Gasteiger partial charge in [0.05, 0.1) is 16.0 Å². The topological polar surface area (TPSA) is 61.0 Å². The second-order valence-corrected chi connectivity index (χ2v) is 5.05. The van der Waals surface area contributed by atoms with E-state index >= 15 is 0 Å². The van der Waals surface area contributed by atoms with E-state index in [9.17, 15) is 10.1 Å². The second-order valence-electron chi connectivity index (χ2n) is 5.05. The molecule has 2 heterocycles. The molecule has 2 aromatic heterocycles. The van der Waals surface area contributed by atoms with Gasteiger partial charge < -0.3 is 4.57 Å². The molecule has 0 aliphatic carbocycles. The lowest BCUT2D eigenvalue weighted by Crippen LogP contribution is -1.96. The van der Waals surface area contributed by atoms with Gasteiger partial charge in [-0.15, -0.1) is 0 Å². The molecule has 0 spiro atoms. The molecule has 22 heavy (non-hydrogen) atoms. The van der Waals surface area contributed by atoms with E-state index in [1.807, 2.05) is 53.2 Å². The molecule has 5 nitrogen and oxygen atoms in total. The van der Waals surface area contributed by atoms with E-state index in [2.05, 4.69) is 4.98 Å². The predicted octanol–water partition coefficient (Wildman–Crippen LogP) is 4.09. The number of benzene rings is 2. The SMILES string of the molecule is O=[N+]([O-])c1ccc2c(ccn2-c2ccc3ccccc3n2)c1. The lowest BCUT2D eigenvalue weighted by Gasteiger charge is -2.06. The molecule has 4 rings (SSSR count). The average Bonchev–Trinajstić information content (AvgIpc) is 2.97. The van der Waals surface area contributed by atoms with Gasteiger partial charge in [-0.1, -0.05) is 18.2 Å². The molecule has 0 saturated heterocycles. The van der Waals surface area contributed by atoms with E-state index in [1.165, 1.54) is 6.07 Å². The Balaban J connectivity index is 1.90. The summed E-state index contributed by atoms with van der Waals surface area (Å²) >= 11 is 0. The number of hydrogen-bond donors (Lipinski definition) is 0. The van der Waals surface area contributed by atoms with E-state index in [-0.39, 0.29) is 10.6 Å². The number of nitro benzene ring substituents is 1. The summed E-state index contributed by atoms with van der Waals surface area (Å²) < 4.78 is 1.94. The summed E-state index contributed by atoms with van der Waals surface area (Å²) in [6.07, 6.45) is 1.88. The molecule has 0 radical (unpaired) electrons. The lowest BCUT2D eigenvalue weighted by molar-refractivity contribution is -0.384. The largest absolute Gasteiger partial charge is 0.301 e. The number of para-hydroxylation sites is 1. The van der Waals surface area contributed by atoms with Crippen LogP contribution >= 0.6 is 0 Å². The Labute approximate surface area is 125 Å². The van der Waals surface area contributed by atoms with Crippen LogP contribution in [0.5, 0.6) is 0 Å². The minimum atomic E-state index is -0.384. The highest BCUT2D eigenvalue weighted by atomic mass is 16.6. The van der Waals surface area contributed by atoms with Gasteiger partial charge in [0.2, 0.25) is 0 Å². The van der Waals surface area contributed by atoms with Crippen LogP contribution in [-0.2, 0) is 0 Å². The quantitative estimate of drug-likeness (QED) is 0.412. The first-order valence-electron chi connectivity index (χ1n) is 6.84. The van der Waals surface area contributed by atoms with Crippen molar-refractivity contribution in [2.24, 2.45) is 0 Å². The summed E-state index contributed by atoms with van der Waals surface area (Å²) in [7, 11) is 0. The van der Waals surface area contributed by atoms with Crippen LogP contribution in [0.2, 0.25) is 0 Å². The maximum absolute atomic E-state index is 10.9. The molecule has 0 fully saturated rings. The zero-order valence-corrected chi connectivity index (χ0v) is 11.5. The Hall–Kier alpha value is -3.21. The van der Waals surface area contributed by atoms with Gasteiger partial charge in [-0.25, -0.2) is 4.98 Å². The molecule has 0 bridgehead atoms. The van der Waals surface area contributed by atoms with Gasteiger partial charge in [0.1, 0.15) is 5.82 Å². The minimum absolute atomic E-state index is 0.0942. The van der Waals surface area contributed by atoms with Crippen molar-refractivity contribution in [3.63, 3.8) is 0 Å². The Morgan fingerprint density at radius 2 is 1.82 bits per heavy atom. The number of rotatable bonds is 2. The van der Waals surface area contributed by atoms with Gasteiger partial charge in [-0.2, -0.15) is 0 Å². The van der Waals surface area contributed by atoms with Crippen molar-refractivity contribution in [1.29, 1.82) is 0 Å². The van der Waals surface area contributed by atoms with Crippen molar-refractivity contribution in [2.45, 2.75) is 0 Å². The Bertz CT molecular complexity index is 1020. The summed E-state index contributed by atoms with van der Waals surface area (Å²) in [5, 5.41) is 12.8. The first-order valence-corrected chi connectivity index (χ1v) is 6.84. The van der Waals surface area contributed by atoms with Crippen molar-refractivity contribution < 1.29 is 4.92 Å². The van der Waals surface area contributed by atoms with Crippen LogP contribution in [0, 0.1) is 10.1 Å². The normalized spacial score (nSPS) is 11.1. The molecular weight excluding hydrogens is 278 g/mol. The molecule has 0 aliphatic heterocycles. The Kier molecular flexibility index (Phi) is 2.66. The summed E-state index contributed by atoms with van der Waals surface area (Å²) in [5.74, 6) is 0.794. The van der Waals surface area contributed by atoms with Gasteiger partial charge in [0.15, 0.2) is 0 Å². The summed E-state index contributed by atoms with van der Waals surface area (Å²) in [4.78, 5) is 15.1. The second kappa shape index (κ2) is 4.66. The molecule has 5 heteroatoms. The molecule has 0 saturated carbocycles. The molecule has 106 valence electrons. The van der Waals surface area contributed by atoms with Crippen LogP contribution in [0.4, 0.5) is 5.69 Å². The van der Waals surface area contributed by atoms with E-state index in [1.54, 1.807) is 12.1 Å². The number of nitro groups is 1. The van der Waals surface area contributed by atoms with Crippen LogP contribution in [-0.4, -0.2) is 14.5 Å². The monoisotopic (exact) mass is 289 g/mol. The van der Waals surface area contributed by atoms with Gasteiger partial charge in [-0.3, -0.25) is 10.1 Å². The lowest BCUT2D eigenvalue weighted by atomic mass is 10.2. The van der Waals surface area contributed by atoms with E-state index in [0.29, 0.717) is 0 Å². The summed E-state index contributed by atoms with van der Waals surface area (Å²) in [5.41, 5.74) is 1.91. The first-order chi connectivity index (χ1) is 10.7. The molecule has 2 aromatic carbocycles. The Morgan fingerprint density at radius 1 is 0.955 bits per heavy atom. The van der Waals surface area contributed by atoms with Gasteiger partial charge in [0, 0.05) is 29.1 Å². The zero-order chi connectivity index (χ0) is 15.1. The van der Waals surface area contributed by atoms with Gasteiger partial charge in [0.25, 0.3) is 5.69 Å². The molecule has 0 N–H and O–H groups in total. The first kappa shape index (κ1) is 12.5. The maximum atomic E-state index is 10.9. The molecule has 0 atom stereocenters. The van der Waals surface area contributed by atoms with Crippen molar-refractivity contribution >= 4 is 27.5 Å². The van der Waals surface area contributed by atoms with Crippen LogP contribution < -0.4 is 0 Å². The fourth-order valence-corrected chi connectivity index (χ4v) is 2.63. The fraction of sp³-hybridized carbons (Fsp3) is 0. The third kappa shape index (κ3) is 1.91. The molecule has 0 aliphatic rings. The highest BCUT2D eigenvalue weighted by molar-refractivity contribution is 5.85. The van der Waals surface area contributed by atoms with Crippen LogP contribution in [0.25, 0.3) is 27.6 Å². The van der Waals surface area contributed by atoms with E-state index in [0.717, 1.165) is 27.6 Å². The molecule has 0 amide bonds. The molecular formula is C17H11N3O2. The van der Waals surface area contributed by atoms with E-state index < -0.39 is 0 Å². The number of hydrogen-bond acceptors (Lipinski definition) is 3. The van der Waals surface area contributed by atoms with Gasteiger partial charge >= 0.3 is 0 Å². The number of nitrogens with zero attached hydrogens (tertiary/aromatic N) is 3. The Morgan fingerprint density at radius 3 is 2.68 bits per heavy atom. The summed E-state index contributed by atoms with van der Waals surface area (Å²) in [6, 6.07) is 18.6. The van der Waals surface area contributed by atoms with Crippen molar-refractivity contribution in [1.82, 2.24) is 9.55 Å². The molecule has 4 aromatic rings. The highest BCUT2D eigenvalue weighted by Crippen LogP contribution is 2.25. The van der Waals surface area contributed by atoms with Crippen molar-refractivity contribution in [3.05, 3.63) is 77.0 Å². The summed E-state index contributed by atoms with van der Waals surface area (Å²) in [6.45, 7) is 0. The zero-order valence-electron chi connectivity index (χ0n) is 11.5. The molecule has 0 unspecified atom stereocenters. The van der Waals surface area contributed by atoms with Crippen LogP contribution in [0.15, 0.2) is 66.9 Å². The number of aromatic nitrogens is 2. The average molecular weight is 289 g/mol. The predicted molar refractivity (Wildman–Crippen MR) is 85.2 cm³/mol. The van der Waals surface area contributed by atoms with Crippen LogP contribution in [0.1, 0.15) is 0 Å². The van der Waals surface area contributed by atoms with Gasteiger partial charge in [-0.05, 0) is 30.3 Å². The highest BCUT2D eigenvalue weighted by Gasteiger charge is 2.10. The minimum Gasteiger partial charge on any atom is -0.301 e. The van der Waals surface area contributed by atoms with Crippen molar-refractivity contribution in [2.75, 3.05) is 0 Å². The third-order valence-electron chi connectivity index (χ3n) is 3.72. The number of fused-ring (bicyclic) bond motifs is 2. The maximum Gasteiger partial charge on any atom is 0.270 e. The smallest absolute Gasteiger partial charge is 0.270 e. The van der Waals surface area contributed by atoms with Crippen molar-refractivity contribution in [3.8, 4) is 5.82 Å². The fourth-order valence-electron chi connectivity index (χ4n) is 2.63. The number of pyridine rings is 1. The van der Waals surface area contributed by atoms with E-state index in [4.69, 9.17) is 0 Å². The van der Waals surface area contributed by atoms with Crippen LogP contribution in [0.3, 0.4) is 0 Å². The number of non-ortho nitro benzene ring substituents is 1. The standard InChI is InChI=1S/C17H11N3O2/c21-20(22)14-6-7-16-13(11-14)9-10-19(16)17-8-5-12-3-1-2-4-15(12)18-17/h1-11H.